The van der Waals surface area contributed by atoms with E-state index in [-0.39, 0.29) is 17.2 Å². The molecule has 2 aromatic carbocycles. The van der Waals surface area contributed by atoms with Crippen molar-refractivity contribution in [3.63, 3.8) is 0 Å². The van der Waals surface area contributed by atoms with Gasteiger partial charge in [0.2, 0.25) is 6.79 Å². The van der Waals surface area contributed by atoms with Crippen molar-refractivity contribution in [2.75, 3.05) is 13.9 Å². The van der Waals surface area contributed by atoms with Crippen LogP contribution < -0.4 is 14.8 Å². The fraction of sp³-hybridized carbons (Fsp3) is 0.286. The predicted octanol–water partition coefficient (Wildman–Crippen LogP) is 4.15. The molecule has 0 saturated carbocycles. The van der Waals surface area contributed by atoms with Crippen LogP contribution in [0.15, 0.2) is 60.8 Å². The van der Waals surface area contributed by atoms with Crippen molar-refractivity contribution in [1.82, 2.24) is 10.3 Å². The molecule has 0 spiro atoms. The van der Waals surface area contributed by atoms with Gasteiger partial charge >= 0.3 is 11.9 Å². The van der Waals surface area contributed by atoms with E-state index in [2.05, 4.69) is 10.3 Å². The summed E-state index contributed by atoms with van der Waals surface area (Å²) in [6, 6.07) is 11.7. The smallest absolute Gasteiger partial charge is 0.328 e. The zero-order chi connectivity index (χ0) is 28.5. The fourth-order valence-electron chi connectivity index (χ4n) is 3.82. The molecular formula is C28H28F2N2O7. The van der Waals surface area contributed by atoms with Gasteiger partial charge < -0.3 is 24.3 Å². The van der Waals surface area contributed by atoms with Gasteiger partial charge in [-0.15, -0.1) is 0 Å². The second-order valence-corrected chi connectivity index (χ2v) is 8.51. The molecule has 0 bridgehead atoms. The SMILES string of the molecule is COc1ccnc(C(=O)N[C@H](C)C(=O)O[C@H](C)C(c2ccc(F)cc2)c2ccc(F)cc2)c1OCOC(C)=O. The second-order valence-electron chi connectivity index (χ2n) is 8.51. The van der Waals surface area contributed by atoms with Crippen molar-refractivity contribution in [3.05, 3.63) is 89.2 Å². The van der Waals surface area contributed by atoms with Gasteiger partial charge in [-0.1, -0.05) is 24.3 Å². The van der Waals surface area contributed by atoms with Crippen LogP contribution in [0.4, 0.5) is 8.78 Å². The number of nitrogens with zero attached hydrogens (tertiary/aromatic N) is 1. The molecule has 1 aromatic heterocycles. The molecule has 0 unspecified atom stereocenters. The molecule has 39 heavy (non-hydrogen) atoms. The molecule has 3 rings (SSSR count). The number of hydrogen-bond donors (Lipinski definition) is 1. The van der Waals surface area contributed by atoms with Crippen LogP contribution in [0.3, 0.4) is 0 Å². The molecule has 0 aliphatic rings. The molecule has 1 amide bonds. The molecule has 0 fully saturated rings. The van der Waals surface area contributed by atoms with Crippen molar-refractivity contribution >= 4 is 17.8 Å². The average molecular weight is 543 g/mol. The topological polar surface area (TPSA) is 113 Å². The number of aromatic nitrogens is 1. The van der Waals surface area contributed by atoms with Crippen LogP contribution in [0.2, 0.25) is 0 Å². The molecule has 11 heteroatoms. The highest BCUT2D eigenvalue weighted by atomic mass is 19.1. The third-order valence-electron chi connectivity index (χ3n) is 5.70. The van der Waals surface area contributed by atoms with Gasteiger partial charge in [0.1, 0.15) is 23.8 Å². The minimum absolute atomic E-state index is 0.0830. The Morgan fingerprint density at radius 1 is 0.923 bits per heavy atom. The Morgan fingerprint density at radius 3 is 2.00 bits per heavy atom. The fourth-order valence-corrected chi connectivity index (χ4v) is 3.82. The largest absolute Gasteiger partial charge is 0.493 e. The molecule has 1 N–H and O–H groups in total. The Labute approximate surface area is 224 Å². The van der Waals surface area contributed by atoms with Crippen molar-refractivity contribution in [1.29, 1.82) is 0 Å². The van der Waals surface area contributed by atoms with Crippen LogP contribution >= 0.6 is 0 Å². The monoisotopic (exact) mass is 542 g/mol. The van der Waals surface area contributed by atoms with E-state index in [4.69, 9.17) is 18.9 Å². The van der Waals surface area contributed by atoms with E-state index < -0.39 is 54.3 Å². The maximum Gasteiger partial charge on any atom is 0.328 e. The van der Waals surface area contributed by atoms with Gasteiger partial charge in [0.25, 0.3) is 5.91 Å². The average Bonchev–Trinajstić information content (AvgIpc) is 2.90. The molecule has 206 valence electrons. The lowest BCUT2D eigenvalue weighted by atomic mass is 9.87. The van der Waals surface area contributed by atoms with Gasteiger partial charge in [-0.3, -0.25) is 9.59 Å². The Balaban J connectivity index is 1.75. The molecule has 0 radical (unpaired) electrons. The van der Waals surface area contributed by atoms with E-state index in [0.29, 0.717) is 11.1 Å². The number of pyridine rings is 1. The van der Waals surface area contributed by atoms with Gasteiger partial charge in [-0.25, -0.2) is 18.6 Å². The number of hydrogen-bond acceptors (Lipinski definition) is 8. The van der Waals surface area contributed by atoms with Crippen LogP contribution in [-0.2, 0) is 19.1 Å². The standard InChI is InChI=1S/C28H28F2N2O7/c1-16(32-27(34)25-26(38-15-37-18(3)33)23(36-4)13-14-31-25)28(35)39-17(2)24(19-5-9-21(29)10-6-19)20-7-11-22(30)12-8-20/h5-14,16-17,24H,15H2,1-4H3,(H,32,34)/t16-,17-/m1/s1. The molecule has 3 aromatic rings. The summed E-state index contributed by atoms with van der Waals surface area (Å²) < 4.78 is 48.1. The van der Waals surface area contributed by atoms with Crippen LogP contribution in [0.25, 0.3) is 0 Å². The Morgan fingerprint density at radius 2 is 1.49 bits per heavy atom. The lowest BCUT2D eigenvalue weighted by Gasteiger charge is -2.26. The van der Waals surface area contributed by atoms with Crippen molar-refractivity contribution in [2.45, 2.75) is 38.8 Å². The number of halogens is 2. The summed E-state index contributed by atoms with van der Waals surface area (Å²) in [5.41, 5.74) is 1.09. The van der Waals surface area contributed by atoms with Crippen LogP contribution in [0.5, 0.6) is 11.5 Å². The normalized spacial score (nSPS) is 12.3. The number of nitrogens with one attached hydrogen (secondary N) is 1. The first-order chi connectivity index (χ1) is 18.6. The van der Waals surface area contributed by atoms with E-state index in [9.17, 15) is 23.2 Å². The van der Waals surface area contributed by atoms with E-state index in [0.717, 1.165) is 0 Å². The van der Waals surface area contributed by atoms with Crippen molar-refractivity contribution in [3.8, 4) is 11.5 Å². The second kappa shape index (κ2) is 13.3. The summed E-state index contributed by atoms with van der Waals surface area (Å²) >= 11 is 0. The first kappa shape index (κ1) is 29.0. The molecule has 0 aliphatic carbocycles. The highest BCUT2D eigenvalue weighted by molar-refractivity contribution is 5.98. The maximum absolute atomic E-state index is 13.5. The highest BCUT2D eigenvalue weighted by Crippen LogP contribution is 2.31. The van der Waals surface area contributed by atoms with E-state index in [1.165, 1.54) is 57.5 Å². The zero-order valence-electron chi connectivity index (χ0n) is 21.8. The van der Waals surface area contributed by atoms with Crippen LogP contribution in [0.1, 0.15) is 48.3 Å². The number of esters is 2. The van der Waals surface area contributed by atoms with Crippen LogP contribution in [-0.4, -0.2) is 48.9 Å². The summed E-state index contributed by atoms with van der Waals surface area (Å²) in [6.07, 6.45) is 0.540. The maximum atomic E-state index is 13.5. The number of carbonyl (C=O) groups excluding carboxylic acids is 3. The predicted molar refractivity (Wildman–Crippen MR) is 135 cm³/mol. The van der Waals surface area contributed by atoms with Gasteiger partial charge in [0, 0.05) is 25.1 Å². The number of rotatable bonds is 11. The lowest BCUT2D eigenvalue weighted by molar-refractivity contribution is -0.151. The third-order valence-corrected chi connectivity index (χ3v) is 5.70. The van der Waals surface area contributed by atoms with Gasteiger partial charge in [0.15, 0.2) is 17.2 Å². The molecule has 0 aliphatic heterocycles. The first-order valence-corrected chi connectivity index (χ1v) is 11.9. The Kier molecular flexibility index (Phi) is 9.91. The number of carbonyl (C=O) groups is 3. The third kappa shape index (κ3) is 7.73. The quantitative estimate of drug-likeness (QED) is 0.284. The number of amides is 1. The molecule has 1 heterocycles. The summed E-state index contributed by atoms with van der Waals surface area (Å²) in [6.45, 7) is 3.79. The Hall–Kier alpha value is -4.54. The van der Waals surface area contributed by atoms with E-state index in [1.54, 1.807) is 31.2 Å². The minimum atomic E-state index is -1.11. The van der Waals surface area contributed by atoms with Crippen molar-refractivity contribution in [2.24, 2.45) is 0 Å². The lowest BCUT2D eigenvalue weighted by Crippen LogP contribution is -2.41. The summed E-state index contributed by atoms with van der Waals surface area (Å²) in [7, 11) is 1.36. The summed E-state index contributed by atoms with van der Waals surface area (Å²) in [4.78, 5) is 41.0. The van der Waals surface area contributed by atoms with Crippen molar-refractivity contribution < 1.29 is 42.1 Å². The summed E-state index contributed by atoms with van der Waals surface area (Å²) in [5.74, 6) is -3.44. The zero-order valence-corrected chi connectivity index (χ0v) is 21.8. The first-order valence-electron chi connectivity index (χ1n) is 11.9. The van der Waals surface area contributed by atoms with Gasteiger partial charge in [-0.05, 0) is 49.2 Å². The Bertz CT molecular complexity index is 1250. The van der Waals surface area contributed by atoms with E-state index >= 15 is 0 Å². The number of ether oxygens (including phenoxy) is 4. The molecule has 9 nitrogen and oxygen atoms in total. The molecule has 0 saturated heterocycles. The number of methoxy groups -OCH3 is 1. The highest BCUT2D eigenvalue weighted by Gasteiger charge is 2.29. The van der Waals surface area contributed by atoms with Gasteiger partial charge in [0.05, 0.1) is 7.11 Å². The minimum Gasteiger partial charge on any atom is -0.493 e. The van der Waals surface area contributed by atoms with Gasteiger partial charge in [-0.2, -0.15) is 0 Å². The van der Waals surface area contributed by atoms with E-state index in [1.807, 2.05) is 0 Å². The molecule has 2 atom stereocenters. The van der Waals surface area contributed by atoms with Crippen LogP contribution in [0, 0.1) is 11.6 Å². The number of benzene rings is 2. The summed E-state index contributed by atoms with van der Waals surface area (Å²) in [5, 5.41) is 2.51. The molecular weight excluding hydrogens is 514 g/mol.